The van der Waals surface area contributed by atoms with Gasteiger partial charge < -0.3 is 10.1 Å². The van der Waals surface area contributed by atoms with Crippen molar-refractivity contribution in [3.05, 3.63) is 33.2 Å². The molecule has 84 valence electrons. The van der Waals surface area contributed by atoms with E-state index >= 15 is 0 Å². The Labute approximate surface area is 106 Å². The maximum absolute atomic E-state index is 4.98. The zero-order valence-corrected chi connectivity index (χ0v) is 11.0. The second-order valence-corrected chi connectivity index (χ2v) is 4.94. The molecule has 16 heavy (non-hydrogen) atoms. The number of halogens is 1. The number of hydrogen-bond acceptors (Lipinski definition) is 5. The van der Waals surface area contributed by atoms with Crippen LogP contribution in [0, 0.1) is 0 Å². The monoisotopic (exact) mass is 299 g/mol. The molecule has 0 aromatic carbocycles. The largest absolute Gasteiger partial charge is 0.494 e. The minimum absolute atomic E-state index is 0.602. The number of hydrogen-bond donors (Lipinski definition) is 1. The van der Waals surface area contributed by atoms with E-state index in [1.807, 2.05) is 5.38 Å². The SMILES string of the molecule is COc1cnc(NCc2cc(Br)cs2)nc1. The molecule has 0 saturated carbocycles. The molecule has 0 radical (unpaired) electrons. The lowest BCUT2D eigenvalue weighted by atomic mass is 10.5. The van der Waals surface area contributed by atoms with Gasteiger partial charge in [0, 0.05) is 14.7 Å². The van der Waals surface area contributed by atoms with E-state index in [0.717, 1.165) is 11.0 Å². The smallest absolute Gasteiger partial charge is 0.223 e. The third-order valence-electron chi connectivity index (χ3n) is 1.91. The van der Waals surface area contributed by atoms with Crippen molar-refractivity contribution < 1.29 is 4.74 Å². The number of ether oxygens (including phenoxy) is 1. The molecule has 0 unspecified atom stereocenters. The molecule has 2 aromatic heterocycles. The van der Waals surface area contributed by atoms with Crippen LogP contribution in [0.25, 0.3) is 0 Å². The Morgan fingerprint density at radius 1 is 1.44 bits per heavy atom. The van der Waals surface area contributed by atoms with Gasteiger partial charge in [0.05, 0.1) is 26.0 Å². The fourth-order valence-electron chi connectivity index (χ4n) is 1.13. The van der Waals surface area contributed by atoms with Crippen molar-refractivity contribution in [1.82, 2.24) is 9.97 Å². The third kappa shape index (κ3) is 2.93. The first-order valence-electron chi connectivity index (χ1n) is 4.61. The van der Waals surface area contributed by atoms with Crippen LogP contribution in [0.5, 0.6) is 5.75 Å². The topological polar surface area (TPSA) is 47.0 Å². The van der Waals surface area contributed by atoms with Gasteiger partial charge in [-0.3, -0.25) is 0 Å². The molecule has 0 bridgehead atoms. The highest BCUT2D eigenvalue weighted by Crippen LogP contribution is 2.20. The highest BCUT2D eigenvalue weighted by Gasteiger charge is 2.00. The van der Waals surface area contributed by atoms with Gasteiger partial charge in [0.1, 0.15) is 0 Å². The number of nitrogens with one attached hydrogen (secondary N) is 1. The molecule has 4 nitrogen and oxygen atoms in total. The van der Waals surface area contributed by atoms with Crippen molar-refractivity contribution in [3.8, 4) is 5.75 Å². The summed E-state index contributed by atoms with van der Waals surface area (Å²) in [4.78, 5) is 9.46. The van der Waals surface area contributed by atoms with Crippen LogP contribution in [0.15, 0.2) is 28.3 Å². The number of aromatic nitrogens is 2. The van der Waals surface area contributed by atoms with Gasteiger partial charge in [0.15, 0.2) is 5.75 Å². The zero-order valence-electron chi connectivity index (χ0n) is 8.61. The molecule has 0 amide bonds. The average molecular weight is 300 g/mol. The van der Waals surface area contributed by atoms with Crippen LogP contribution in [0.3, 0.4) is 0 Å². The molecule has 0 aliphatic carbocycles. The molecule has 6 heteroatoms. The molecule has 0 saturated heterocycles. The predicted octanol–water partition coefficient (Wildman–Crippen LogP) is 2.92. The molecule has 2 rings (SSSR count). The molecule has 0 aliphatic heterocycles. The van der Waals surface area contributed by atoms with Gasteiger partial charge in [-0.1, -0.05) is 0 Å². The highest BCUT2D eigenvalue weighted by molar-refractivity contribution is 9.10. The fraction of sp³-hybridized carbons (Fsp3) is 0.200. The van der Waals surface area contributed by atoms with Crippen molar-refractivity contribution in [2.75, 3.05) is 12.4 Å². The van der Waals surface area contributed by atoms with Crippen LogP contribution in [-0.4, -0.2) is 17.1 Å². The lowest BCUT2D eigenvalue weighted by Crippen LogP contribution is -2.02. The van der Waals surface area contributed by atoms with Crippen LogP contribution in [0.4, 0.5) is 5.95 Å². The van der Waals surface area contributed by atoms with Crippen molar-refractivity contribution in [1.29, 1.82) is 0 Å². The van der Waals surface area contributed by atoms with Crippen molar-refractivity contribution in [2.24, 2.45) is 0 Å². The fourth-order valence-corrected chi connectivity index (χ4v) is 2.52. The maximum Gasteiger partial charge on any atom is 0.223 e. The molecule has 0 atom stereocenters. The van der Waals surface area contributed by atoms with Gasteiger partial charge in [-0.15, -0.1) is 11.3 Å². The van der Waals surface area contributed by atoms with Gasteiger partial charge in [-0.2, -0.15) is 0 Å². The second kappa shape index (κ2) is 5.27. The minimum Gasteiger partial charge on any atom is -0.494 e. The van der Waals surface area contributed by atoms with Gasteiger partial charge in [0.25, 0.3) is 0 Å². The van der Waals surface area contributed by atoms with Crippen molar-refractivity contribution >= 4 is 33.2 Å². The van der Waals surface area contributed by atoms with E-state index in [1.165, 1.54) is 4.88 Å². The van der Waals surface area contributed by atoms with Crippen LogP contribution in [0.2, 0.25) is 0 Å². The predicted molar refractivity (Wildman–Crippen MR) is 67.9 cm³/mol. The molecule has 0 fully saturated rings. The second-order valence-electron chi connectivity index (χ2n) is 3.03. The number of nitrogens with zero attached hydrogens (tertiary/aromatic N) is 2. The maximum atomic E-state index is 4.98. The summed E-state index contributed by atoms with van der Waals surface area (Å²) in [6, 6.07) is 2.07. The standard InChI is InChI=1S/C10H10BrN3OS/c1-15-8-3-12-10(13-4-8)14-5-9-2-7(11)6-16-9/h2-4,6H,5H2,1H3,(H,12,13,14). The number of anilines is 1. The average Bonchev–Trinajstić information content (AvgIpc) is 2.73. The first kappa shape index (κ1) is 11.3. The van der Waals surface area contributed by atoms with E-state index in [0.29, 0.717) is 11.7 Å². The van der Waals surface area contributed by atoms with Gasteiger partial charge in [-0.25, -0.2) is 9.97 Å². The Kier molecular flexibility index (Phi) is 3.74. The summed E-state index contributed by atoms with van der Waals surface area (Å²) in [5.74, 6) is 1.26. The van der Waals surface area contributed by atoms with E-state index in [9.17, 15) is 0 Å². The Hall–Kier alpha value is -1.14. The number of rotatable bonds is 4. The quantitative estimate of drug-likeness (QED) is 0.943. The van der Waals surface area contributed by atoms with E-state index in [2.05, 4.69) is 37.3 Å². The van der Waals surface area contributed by atoms with Gasteiger partial charge in [0.2, 0.25) is 5.95 Å². The van der Waals surface area contributed by atoms with Crippen LogP contribution < -0.4 is 10.1 Å². The van der Waals surface area contributed by atoms with E-state index < -0.39 is 0 Å². The summed E-state index contributed by atoms with van der Waals surface area (Å²) in [5, 5.41) is 5.18. The molecule has 0 spiro atoms. The highest BCUT2D eigenvalue weighted by atomic mass is 79.9. The van der Waals surface area contributed by atoms with Gasteiger partial charge in [-0.05, 0) is 22.0 Å². The molecule has 2 heterocycles. The third-order valence-corrected chi connectivity index (χ3v) is 3.60. The van der Waals surface area contributed by atoms with Crippen molar-refractivity contribution in [3.63, 3.8) is 0 Å². The summed E-state index contributed by atoms with van der Waals surface area (Å²) in [6.45, 7) is 0.725. The normalized spacial score (nSPS) is 10.1. The molecular formula is C10H10BrN3OS. The van der Waals surface area contributed by atoms with E-state index in [-0.39, 0.29) is 0 Å². The molecule has 0 aliphatic rings. The zero-order chi connectivity index (χ0) is 11.4. The molecular weight excluding hydrogens is 290 g/mol. The Morgan fingerprint density at radius 3 is 2.75 bits per heavy atom. The lowest BCUT2D eigenvalue weighted by Gasteiger charge is -2.03. The summed E-state index contributed by atoms with van der Waals surface area (Å²) in [6.07, 6.45) is 3.28. The molecule has 1 N–H and O–H groups in total. The van der Waals surface area contributed by atoms with E-state index in [1.54, 1.807) is 30.8 Å². The molecule has 2 aromatic rings. The van der Waals surface area contributed by atoms with E-state index in [4.69, 9.17) is 4.74 Å². The van der Waals surface area contributed by atoms with Crippen LogP contribution in [0.1, 0.15) is 4.88 Å². The Morgan fingerprint density at radius 2 is 2.19 bits per heavy atom. The summed E-state index contributed by atoms with van der Waals surface area (Å²) >= 11 is 5.10. The van der Waals surface area contributed by atoms with Crippen LogP contribution in [-0.2, 0) is 6.54 Å². The summed E-state index contributed by atoms with van der Waals surface area (Å²) in [7, 11) is 1.59. The summed E-state index contributed by atoms with van der Waals surface area (Å²) < 4.78 is 6.08. The minimum atomic E-state index is 0.602. The number of methoxy groups -OCH3 is 1. The lowest BCUT2D eigenvalue weighted by molar-refractivity contribution is 0.411. The first-order valence-corrected chi connectivity index (χ1v) is 6.28. The van der Waals surface area contributed by atoms with Crippen molar-refractivity contribution in [2.45, 2.75) is 6.54 Å². The first-order chi connectivity index (χ1) is 7.78. The van der Waals surface area contributed by atoms with Gasteiger partial charge >= 0.3 is 0 Å². The Bertz CT molecular complexity index is 457. The van der Waals surface area contributed by atoms with Crippen LogP contribution >= 0.6 is 27.3 Å². The summed E-state index contributed by atoms with van der Waals surface area (Å²) in [5.41, 5.74) is 0. The Balaban J connectivity index is 1.94. The number of thiophene rings is 1.